The van der Waals surface area contributed by atoms with Crippen molar-refractivity contribution in [2.45, 2.75) is 31.6 Å². The van der Waals surface area contributed by atoms with Crippen LogP contribution in [0, 0.1) is 3.57 Å². The Hall–Kier alpha value is -0.390. The van der Waals surface area contributed by atoms with E-state index in [1.165, 1.54) is 25.7 Å². The van der Waals surface area contributed by atoms with E-state index in [4.69, 9.17) is 0 Å². The molecule has 4 heteroatoms. The third-order valence-electron chi connectivity index (χ3n) is 2.72. The first-order valence-corrected chi connectivity index (χ1v) is 6.09. The molecule has 0 unspecified atom stereocenters. The third-order valence-corrected chi connectivity index (χ3v) is 3.51. The largest absolute Gasteiger partial charge is 0.372 e. The summed E-state index contributed by atoms with van der Waals surface area (Å²) in [6.45, 7) is 0. The van der Waals surface area contributed by atoms with Gasteiger partial charge in [0.05, 0.1) is 3.57 Å². The Bertz CT molecular complexity index is 321. The number of rotatable bonds is 2. The van der Waals surface area contributed by atoms with Crippen molar-refractivity contribution in [3.8, 4) is 0 Å². The Morgan fingerprint density at radius 3 is 2.79 bits per heavy atom. The molecule has 1 aliphatic carbocycles. The number of hydrogen-bond acceptors (Lipinski definition) is 3. The summed E-state index contributed by atoms with van der Waals surface area (Å²) in [6, 6.07) is 0. The Morgan fingerprint density at radius 2 is 2.14 bits per heavy atom. The van der Waals surface area contributed by atoms with Crippen LogP contribution in [-0.2, 0) is 0 Å². The monoisotopic (exact) mass is 303 g/mol. The molecule has 14 heavy (non-hydrogen) atoms. The van der Waals surface area contributed by atoms with Crippen LogP contribution in [0.15, 0.2) is 6.20 Å². The van der Waals surface area contributed by atoms with Crippen LogP contribution in [0.4, 0.5) is 5.82 Å². The highest BCUT2D eigenvalue weighted by Gasteiger charge is 2.20. The van der Waals surface area contributed by atoms with E-state index < -0.39 is 0 Å². The zero-order valence-electron chi connectivity index (χ0n) is 8.26. The van der Waals surface area contributed by atoms with Crippen molar-refractivity contribution >= 4 is 28.4 Å². The summed E-state index contributed by atoms with van der Waals surface area (Å²) in [5.74, 6) is 2.58. The molecule has 1 aliphatic rings. The summed E-state index contributed by atoms with van der Waals surface area (Å²) in [5, 5.41) is 3.10. The smallest absolute Gasteiger partial charge is 0.142 e. The molecular formula is C10H14IN3. The van der Waals surface area contributed by atoms with Crippen LogP contribution in [0.3, 0.4) is 0 Å². The minimum absolute atomic E-state index is 0.596. The number of nitrogens with one attached hydrogen (secondary N) is 1. The fourth-order valence-corrected chi connectivity index (χ4v) is 2.47. The van der Waals surface area contributed by atoms with E-state index in [1.807, 2.05) is 13.2 Å². The van der Waals surface area contributed by atoms with Crippen molar-refractivity contribution in [1.29, 1.82) is 0 Å². The second-order valence-corrected chi connectivity index (χ2v) is 4.82. The van der Waals surface area contributed by atoms with Crippen LogP contribution < -0.4 is 5.32 Å². The highest BCUT2D eigenvalue weighted by Crippen LogP contribution is 2.32. The van der Waals surface area contributed by atoms with Gasteiger partial charge in [-0.15, -0.1) is 0 Å². The number of hydrogen-bond donors (Lipinski definition) is 1. The lowest BCUT2D eigenvalue weighted by Crippen LogP contribution is -2.05. The first kappa shape index (κ1) is 10.1. The fraction of sp³-hybridized carbons (Fsp3) is 0.600. The molecule has 1 aromatic heterocycles. The molecule has 3 nitrogen and oxygen atoms in total. The van der Waals surface area contributed by atoms with E-state index in [1.54, 1.807) is 0 Å². The van der Waals surface area contributed by atoms with Crippen LogP contribution in [-0.4, -0.2) is 17.0 Å². The van der Waals surface area contributed by atoms with Gasteiger partial charge in [-0.3, -0.25) is 0 Å². The van der Waals surface area contributed by atoms with Crippen LogP contribution in [0.25, 0.3) is 0 Å². The maximum atomic E-state index is 4.54. The highest BCUT2D eigenvalue weighted by atomic mass is 127. The van der Waals surface area contributed by atoms with Gasteiger partial charge >= 0.3 is 0 Å². The van der Waals surface area contributed by atoms with Crippen molar-refractivity contribution in [2.75, 3.05) is 12.4 Å². The molecule has 1 heterocycles. The number of nitrogens with zero attached hydrogens (tertiary/aromatic N) is 2. The maximum Gasteiger partial charge on any atom is 0.142 e. The Morgan fingerprint density at radius 1 is 1.43 bits per heavy atom. The van der Waals surface area contributed by atoms with Crippen LogP contribution in [0.5, 0.6) is 0 Å². The van der Waals surface area contributed by atoms with Gasteiger partial charge in [-0.2, -0.15) is 0 Å². The van der Waals surface area contributed by atoms with E-state index in [0.717, 1.165) is 15.2 Å². The van der Waals surface area contributed by atoms with Gasteiger partial charge in [-0.05, 0) is 35.4 Å². The molecule has 0 atom stereocenters. The van der Waals surface area contributed by atoms with E-state index in [-0.39, 0.29) is 0 Å². The number of halogens is 1. The zero-order valence-corrected chi connectivity index (χ0v) is 10.4. The van der Waals surface area contributed by atoms with Gasteiger partial charge in [0, 0.05) is 19.2 Å². The molecule has 0 aliphatic heterocycles. The quantitative estimate of drug-likeness (QED) is 0.854. The van der Waals surface area contributed by atoms with Gasteiger partial charge < -0.3 is 5.32 Å². The highest BCUT2D eigenvalue weighted by molar-refractivity contribution is 14.1. The van der Waals surface area contributed by atoms with Crippen LogP contribution >= 0.6 is 22.6 Å². The van der Waals surface area contributed by atoms with E-state index in [9.17, 15) is 0 Å². The van der Waals surface area contributed by atoms with Crippen molar-refractivity contribution in [1.82, 2.24) is 9.97 Å². The van der Waals surface area contributed by atoms with Gasteiger partial charge in [0.15, 0.2) is 0 Å². The first-order chi connectivity index (χ1) is 6.81. The lowest BCUT2D eigenvalue weighted by molar-refractivity contribution is 0.668. The van der Waals surface area contributed by atoms with Gasteiger partial charge in [-0.25, -0.2) is 9.97 Å². The summed E-state index contributed by atoms with van der Waals surface area (Å²) in [7, 11) is 1.91. The third kappa shape index (κ3) is 1.99. The molecule has 0 aromatic carbocycles. The Kier molecular flexibility index (Phi) is 3.20. The molecule has 1 N–H and O–H groups in total. The van der Waals surface area contributed by atoms with Gasteiger partial charge in [0.2, 0.25) is 0 Å². The minimum atomic E-state index is 0.596. The van der Waals surface area contributed by atoms with Crippen molar-refractivity contribution in [3.05, 3.63) is 15.6 Å². The fourth-order valence-electron chi connectivity index (χ4n) is 1.94. The Labute approximate surface area is 97.9 Å². The van der Waals surface area contributed by atoms with E-state index in [2.05, 4.69) is 37.9 Å². The summed E-state index contributed by atoms with van der Waals surface area (Å²) in [6.07, 6.45) is 7.07. The average Bonchev–Trinajstić information content (AvgIpc) is 2.71. The molecule has 0 saturated heterocycles. The van der Waals surface area contributed by atoms with Crippen LogP contribution in [0.2, 0.25) is 0 Å². The van der Waals surface area contributed by atoms with Gasteiger partial charge in [0.1, 0.15) is 11.6 Å². The summed E-state index contributed by atoms with van der Waals surface area (Å²) >= 11 is 2.25. The Balaban J connectivity index is 2.25. The summed E-state index contributed by atoms with van der Waals surface area (Å²) in [5.41, 5.74) is 0. The molecule has 0 radical (unpaired) electrons. The van der Waals surface area contributed by atoms with E-state index in [0.29, 0.717) is 5.92 Å². The van der Waals surface area contributed by atoms with Crippen molar-refractivity contribution < 1.29 is 0 Å². The molecule has 76 valence electrons. The van der Waals surface area contributed by atoms with Crippen molar-refractivity contribution in [3.63, 3.8) is 0 Å². The normalized spacial score (nSPS) is 17.3. The summed E-state index contributed by atoms with van der Waals surface area (Å²) < 4.78 is 1.09. The topological polar surface area (TPSA) is 37.8 Å². The number of aromatic nitrogens is 2. The predicted molar refractivity (Wildman–Crippen MR) is 65.5 cm³/mol. The number of anilines is 1. The SMILES string of the molecule is CNc1nc(C2CCCC2)ncc1I. The maximum absolute atomic E-state index is 4.54. The average molecular weight is 303 g/mol. The molecule has 0 amide bonds. The molecule has 1 aromatic rings. The molecular weight excluding hydrogens is 289 g/mol. The minimum Gasteiger partial charge on any atom is -0.372 e. The predicted octanol–water partition coefficient (Wildman–Crippen LogP) is 2.78. The standard InChI is InChI=1S/C10H14IN3/c1-12-10-8(11)6-13-9(14-10)7-4-2-3-5-7/h6-7H,2-5H2,1H3,(H,12,13,14). The molecule has 1 fully saturated rings. The lowest BCUT2D eigenvalue weighted by atomic mass is 10.1. The lowest BCUT2D eigenvalue weighted by Gasteiger charge is -2.09. The van der Waals surface area contributed by atoms with Gasteiger partial charge in [-0.1, -0.05) is 12.8 Å². The molecule has 0 bridgehead atoms. The zero-order chi connectivity index (χ0) is 9.97. The van der Waals surface area contributed by atoms with Crippen LogP contribution in [0.1, 0.15) is 37.4 Å². The molecule has 0 spiro atoms. The summed E-state index contributed by atoms with van der Waals surface area (Å²) in [4.78, 5) is 8.95. The molecule has 2 rings (SSSR count). The van der Waals surface area contributed by atoms with E-state index >= 15 is 0 Å². The first-order valence-electron chi connectivity index (χ1n) is 5.01. The second-order valence-electron chi connectivity index (χ2n) is 3.66. The van der Waals surface area contributed by atoms with Gasteiger partial charge in [0.25, 0.3) is 0 Å². The molecule has 1 saturated carbocycles. The second kappa shape index (κ2) is 4.42. The van der Waals surface area contributed by atoms with Crippen molar-refractivity contribution in [2.24, 2.45) is 0 Å².